The van der Waals surface area contributed by atoms with Crippen LogP contribution in [-0.4, -0.2) is 23.2 Å². The molecule has 4 aliphatic carbocycles. The molecule has 0 radical (unpaired) electrons. The highest BCUT2D eigenvalue weighted by Crippen LogP contribution is 2.61. The van der Waals surface area contributed by atoms with Crippen LogP contribution in [0.25, 0.3) is 0 Å². The van der Waals surface area contributed by atoms with Gasteiger partial charge < -0.3 is 10.4 Å². The van der Waals surface area contributed by atoms with Crippen molar-refractivity contribution in [3.8, 4) is 0 Å². The summed E-state index contributed by atoms with van der Waals surface area (Å²) in [5.74, 6) is 2.12. The largest absolute Gasteiger partial charge is 0.480 e. The first kappa shape index (κ1) is 15.3. The molecule has 0 saturated heterocycles. The minimum atomic E-state index is -0.667. The predicted molar refractivity (Wildman–Crippen MR) is 84.2 cm³/mol. The van der Waals surface area contributed by atoms with E-state index in [1.165, 1.54) is 38.5 Å². The molecule has 0 amide bonds. The fourth-order valence-corrected chi connectivity index (χ4v) is 5.87. The first-order valence-electron chi connectivity index (χ1n) is 9.01. The summed E-state index contributed by atoms with van der Waals surface area (Å²) in [4.78, 5) is 11.5. The first-order chi connectivity index (χ1) is 10.0. The molecule has 0 aromatic carbocycles. The minimum Gasteiger partial charge on any atom is -0.480 e. The lowest BCUT2D eigenvalue weighted by atomic mass is 9.48. The molecule has 0 aromatic heterocycles. The second-order valence-electron chi connectivity index (χ2n) is 8.20. The minimum absolute atomic E-state index is 0.351. The lowest BCUT2D eigenvalue weighted by Crippen LogP contribution is -2.57. The molecule has 0 heterocycles. The van der Waals surface area contributed by atoms with Crippen LogP contribution in [0.1, 0.15) is 71.6 Å². The molecule has 2 N–H and O–H groups in total. The van der Waals surface area contributed by atoms with Crippen molar-refractivity contribution < 1.29 is 9.90 Å². The van der Waals surface area contributed by atoms with Crippen molar-refractivity contribution in [3.63, 3.8) is 0 Å². The highest BCUT2D eigenvalue weighted by Gasteiger charge is 2.53. The number of hydrogen-bond donors (Lipinski definition) is 2. The van der Waals surface area contributed by atoms with E-state index in [9.17, 15) is 9.90 Å². The van der Waals surface area contributed by atoms with E-state index in [0.29, 0.717) is 11.5 Å². The summed E-state index contributed by atoms with van der Waals surface area (Å²) in [6.45, 7) is 4.39. The average Bonchev–Trinajstić information content (AvgIpc) is 2.41. The van der Waals surface area contributed by atoms with Gasteiger partial charge >= 0.3 is 5.97 Å². The van der Waals surface area contributed by atoms with Gasteiger partial charge in [-0.05, 0) is 75.0 Å². The van der Waals surface area contributed by atoms with E-state index in [1.807, 2.05) is 0 Å². The lowest BCUT2D eigenvalue weighted by molar-refractivity contribution is -0.141. The number of carboxylic acid groups (broad SMARTS) is 1. The normalized spacial score (nSPS) is 40.2. The number of unbranched alkanes of at least 4 members (excludes halogenated alkanes) is 1. The first-order valence-corrected chi connectivity index (χ1v) is 9.01. The van der Waals surface area contributed by atoms with E-state index in [1.54, 1.807) is 0 Å². The van der Waals surface area contributed by atoms with Crippen LogP contribution in [0.3, 0.4) is 0 Å². The SMILES string of the molecule is CCCCC(NC(C)C12CC3CC(CC(C3)C1)C2)C(=O)O. The molecule has 4 saturated carbocycles. The van der Waals surface area contributed by atoms with Gasteiger partial charge in [-0.3, -0.25) is 4.79 Å². The van der Waals surface area contributed by atoms with E-state index in [2.05, 4.69) is 19.2 Å². The number of carbonyl (C=O) groups is 1. The van der Waals surface area contributed by atoms with Crippen LogP contribution in [0.15, 0.2) is 0 Å². The summed E-state index contributed by atoms with van der Waals surface area (Å²) in [6, 6.07) is -0.00295. The topological polar surface area (TPSA) is 49.3 Å². The van der Waals surface area contributed by atoms with Crippen LogP contribution >= 0.6 is 0 Å². The monoisotopic (exact) mass is 293 g/mol. The number of carboxylic acids is 1. The van der Waals surface area contributed by atoms with Gasteiger partial charge in [0.25, 0.3) is 0 Å². The van der Waals surface area contributed by atoms with Crippen LogP contribution in [0.2, 0.25) is 0 Å². The van der Waals surface area contributed by atoms with Gasteiger partial charge in [0.05, 0.1) is 0 Å². The maximum atomic E-state index is 11.5. The summed E-state index contributed by atoms with van der Waals surface area (Å²) in [5, 5.41) is 13.0. The Kier molecular flexibility index (Phi) is 4.31. The third-order valence-electron chi connectivity index (χ3n) is 6.60. The number of rotatable bonds is 7. The zero-order chi connectivity index (χ0) is 15.0. The van der Waals surface area contributed by atoms with Crippen LogP contribution in [-0.2, 0) is 4.79 Å². The zero-order valence-corrected chi connectivity index (χ0v) is 13.6. The van der Waals surface area contributed by atoms with Crippen LogP contribution < -0.4 is 5.32 Å². The smallest absolute Gasteiger partial charge is 0.320 e. The van der Waals surface area contributed by atoms with E-state index in [-0.39, 0.29) is 6.04 Å². The molecule has 4 rings (SSSR count). The van der Waals surface area contributed by atoms with Gasteiger partial charge in [0.2, 0.25) is 0 Å². The molecule has 2 unspecified atom stereocenters. The quantitative estimate of drug-likeness (QED) is 0.750. The zero-order valence-electron chi connectivity index (χ0n) is 13.6. The molecule has 3 nitrogen and oxygen atoms in total. The molecule has 0 spiro atoms. The Morgan fingerprint density at radius 3 is 2.14 bits per heavy atom. The molecule has 4 fully saturated rings. The number of aliphatic carboxylic acids is 1. The average molecular weight is 293 g/mol. The number of nitrogens with one attached hydrogen (secondary N) is 1. The van der Waals surface area contributed by atoms with Gasteiger partial charge in [-0.2, -0.15) is 0 Å². The fraction of sp³-hybridized carbons (Fsp3) is 0.944. The van der Waals surface area contributed by atoms with Crippen molar-refractivity contribution in [2.75, 3.05) is 0 Å². The van der Waals surface area contributed by atoms with Gasteiger partial charge in [0, 0.05) is 6.04 Å². The van der Waals surface area contributed by atoms with Gasteiger partial charge in [0.1, 0.15) is 6.04 Å². The second-order valence-corrected chi connectivity index (χ2v) is 8.20. The summed E-state index contributed by atoms with van der Waals surface area (Å²) in [6.07, 6.45) is 11.2. The maximum absolute atomic E-state index is 11.5. The summed E-state index contributed by atoms with van der Waals surface area (Å²) in [7, 11) is 0. The molecule has 21 heavy (non-hydrogen) atoms. The van der Waals surface area contributed by atoms with Crippen molar-refractivity contribution in [2.24, 2.45) is 23.2 Å². The van der Waals surface area contributed by atoms with Crippen molar-refractivity contribution in [1.29, 1.82) is 0 Å². The van der Waals surface area contributed by atoms with E-state index in [4.69, 9.17) is 0 Å². The molecule has 0 aliphatic heterocycles. The molecule has 4 bridgehead atoms. The molecule has 2 atom stereocenters. The summed E-state index contributed by atoms with van der Waals surface area (Å²) >= 11 is 0. The van der Waals surface area contributed by atoms with Crippen LogP contribution in [0, 0.1) is 23.2 Å². The standard InChI is InChI=1S/C18H31NO2/c1-3-4-5-16(17(20)21)19-12(2)18-9-13-6-14(10-18)8-15(7-13)11-18/h12-16,19H,3-11H2,1-2H3,(H,20,21). The Morgan fingerprint density at radius 1 is 1.19 bits per heavy atom. The number of hydrogen-bond acceptors (Lipinski definition) is 2. The van der Waals surface area contributed by atoms with E-state index >= 15 is 0 Å². The summed E-state index contributed by atoms with van der Waals surface area (Å²) in [5.41, 5.74) is 0.397. The highest BCUT2D eigenvalue weighted by molar-refractivity contribution is 5.73. The Bertz CT molecular complexity index is 357. The second kappa shape index (κ2) is 5.91. The van der Waals surface area contributed by atoms with Crippen molar-refractivity contribution in [1.82, 2.24) is 5.32 Å². The van der Waals surface area contributed by atoms with Gasteiger partial charge in [-0.15, -0.1) is 0 Å². The Labute approximate surface area is 128 Å². The van der Waals surface area contributed by atoms with Gasteiger partial charge in [-0.1, -0.05) is 19.8 Å². The molecular weight excluding hydrogens is 262 g/mol. The fourth-order valence-electron chi connectivity index (χ4n) is 5.87. The third-order valence-corrected chi connectivity index (χ3v) is 6.60. The van der Waals surface area contributed by atoms with Crippen LogP contribution in [0.4, 0.5) is 0 Å². The molecule has 0 aromatic rings. The highest BCUT2D eigenvalue weighted by atomic mass is 16.4. The lowest BCUT2D eigenvalue weighted by Gasteiger charge is -2.59. The molecule has 120 valence electrons. The molecule has 3 heteroatoms. The Morgan fingerprint density at radius 2 is 1.71 bits per heavy atom. The predicted octanol–water partition coefficient (Wildman–Crippen LogP) is 3.82. The third kappa shape index (κ3) is 2.99. The summed E-state index contributed by atoms with van der Waals surface area (Å²) < 4.78 is 0. The van der Waals surface area contributed by atoms with Gasteiger partial charge in [-0.25, -0.2) is 0 Å². The van der Waals surface area contributed by atoms with Crippen molar-refractivity contribution in [2.45, 2.75) is 83.7 Å². The van der Waals surface area contributed by atoms with E-state index < -0.39 is 5.97 Å². The Hall–Kier alpha value is -0.570. The molecule has 4 aliphatic rings. The van der Waals surface area contributed by atoms with Crippen LogP contribution in [0.5, 0.6) is 0 Å². The molecular formula is C18H31NO2. The van der Waals surface area contributed by atoms with E-state index in [0.717, 1.165) is 37.0 Å². The van der Waals surface area contributed by atoms with Crippen molar-refractivity contribution in [3.05, 3.63) is 0 Å². The maximum Gasteiger partial charge on any atom is 0.320 e. The van der Waals surface area contributed by atoms with Crippen molar-refractivity contribution >= 4 is 5.97 Å². The van der Waals surface area contributed by atoms with Gasteiger partial charge in [0.15, 0.2) is 0 Å². The Balaban J connectivity index is 1.66.